The number of allylic oxidation sites excluding steroid dienone is 1. The molecule has 11 atom stereocenters. The summed E-state index contributed by atoms with van der Waals surface area (Å²) in [6, 6.07) is 7.12. The summed E-state index contributed by atoms with van der Waals surface area (Å²) >= 11 is 0. The van der Waals surface area contributed by atoms with Crippen LogP contribution in [0.25, 0.3) is 0 Å². The number of methoxy groups -OCH3 is 1. The van der Waals surface area contributed by atoms with Gasteiger partial charge in [-0.1, -0.05) is 105 Å². The largest absolute Gasteiger partial charge is 0.465 e. The lowest BCUT2D eigenvalue weighted by Crippen LogP contribution is -2.70. The number of likely N-dealkylation sites (N-methyl/N-ethyl adjacent to an activating group) is 1. The molecule has 4 aliphatic carbocycles. The van der Waals surface area contributed by atoms with Crippen LogP contribution in [0.4, 0.5) is 0 Å². The summed E-state index contributed by atoms with van der Waals surface area (Å²) in [5.41, 5.74) is 0.803. The van der Waals surface area contributed by atoms with E-state index in [4.69, 9.17) is 18.9 Å². The van der Waals surface area contributed by atoms with E-state index in [-0.39, 0.29) is 57.8 Å². The summed E-state index contributed by atoms with van der Waals surface area (Å²) in [6.07, 6.45) is 11.1. The van der Waals surface area contributed by atoms with Gasteiger partial charge >= 0.3 is 5.97 Å². The highest BCUT2D eigenvalue weighted by molar-refractivity contribution is 7.89. The standard InChI is InChI=1S/C49H79NO7S/c1-14-17-28-56-43(51)41-44(8,35(7)33(4)5)26-27-46(10)37-22-23-40-45(9)30-55-32-49(40,38(37)24-25-47(41,46)11)29-39(54-13)42(45)57-31-48(15-2,16-3)50(12)58(52,53)36-20-18-34(6)19-21-36/h18-21,24,33,35,37,39-42H,14-17,22-23,25-32H2,1-13H3/t35-,37+,39-,40+,41-,42+,44-,45+,46-,47+,49+/m1/s1. The summed E-state index contributed by atoms with van der Waals surface area (Å²) in [4.78, 5) is 14.9. The van der Waals surface area contributed by atoms with E-state index in [0.29, 0.717) is 61.2 Å². The third kappa shape index (κ3) is 6.90. The van der Waals surface area contributed by atoms with Gasteiger partial charge in [0.05, 0.1) is 55.0 Å². The van der Waals surface area contributed by atoms with Crippen molar-refractivity contribution in [3.8, 4) is 0 Å². The molecule has 3 saturated carbocycles. The Morgan fingerprint density at radius 3 is 2.26 bits per heavy atom. The number of fused-ring (bicyclic) bond motifs is 3. The monoisotopic (exact) mass is 826 g/mol. The van der Waals surface area contributed by atoms with Crippen molar-refractivity contribution in [3.05, 3.63) is 41.5 Å². The second kappa shape index (κ2) is 16.5. The minimum atomic E-state index is -3.77. The highest BCUT2D eigenvalue weighted by Crippen LogP contribution is 2.75. The number of ether oxygens (including phenoxy) is 4. The predicted octanol–water partition coefficient (Wildman–Crippen LogP) is 10.4. The number of hydrogen-bond donors (Lipinski definition) is 0. The fourth-order valence-corrected chi connectivity index (χ4v) is 15.4. The highest BCUT2D eigenvalue weighted by Gasteiger charge is 2.72. The smallest absolute Gasteiger partial charge is 0.310 e. The normalized spacial score (nSPS) is 38.1. The summed E-state index contributed by atoms with van der Waals surface area (Å²) in [5, 5.41) is 0. The van der Waals surface area contributed by atoms with Crippen molar-refractivity contribution in [1.82, 2.24) is 4.31 Å². The van der Waals surface area contributed by atoms with Gasteiger partial charge in [0.25, 0.3) is 0 Å². The lowest BCUT2D eigenvalue weighted by atomic mass is 9.34. The number of unbranched alkanes of at least 4 members (excludes halogenated alkanes) is 1. The van der Waals surface area contributed by atoms with Crippen molar-refractivity contribution in [1.29, 1.82) is 0 Å². The summed E-state index contributed by atoms with van der Waals surface area (Å²) in [6.45, 7) is 27.0. The zero-order chi connectivity index (χ0) is 42.7. The van der Waals surface area contributed by atoms with Crippen molar-refractivity contribution in [2.45, 2.75) is 163 Å². The van der Waals surface area contributed by atoms with Crippen LogP contribution >= 0.6 is 0 Å². The van der Waals surface area contributed by atoms with E-state index in [9.17, 15) is 13.2 Å². The third-order valence-corrected chi connectivity index (χ3v) is 20.3. The number of carbonyl (C=O) groups is 1. The minimum Gasteiger partial charge on any atom is -0.465 e. The Hall–Kier alpha value is -1.78. The number of carbonyl (C=O) groups excluding carboxylic acids is 1. The molecular weight excluding hydrogens is 747 g/mol. The quantitative estimate of drug-likeness (QED) is 0.0988. The molecule has 0 aromatic heterocycles. The molecule has 5 aliphatic rings. The van der Waals surface area contributed by atoms with E-state index >= 15 is 0 Å². The minimum absolute atomic E-state index is 0.0128. The number of aryl methyl sites for hydroxylation is 1. The molecule has 58 heavy (non-hydrogen) atoms. The van der Waals surface area contributed by atoms with Crippen molar-refractivity contribution < 1.29 is 32.2 Å². The molecule has 8 nitrogen and oxygen atoms in total. The first-order valence-electron chi connectivity index (χ1n) is 22.9. The Morgan fingerprint density at radius 2 is 1.66 bits per heavy atom. The highest BCUT2D eigenvalue weighted by atomic mass is 32.2. The average Bonchev–Trinajstić information content (AvgIpc) is 3.19. The maximum absolute atomic E-state index is 14.6. The fourth-order valence-electron chi connectivity index (χ4n) is 13.8. The first-order chi connectivity index (χ1) is 27.2. The molecule has 1 saturated heterocycles. The van der Waals surface area contributed by atoms with Gasteiger partial charge in [0, 0.05) is 25.0 Å². The average molecular weight is 826 g/mol. The molecule has 1 heterocycles. The molecule has 1 aromatic carbocycles. The Labute approximate surface area is 353 Å². The molecule has 6 rings (SSSR count). The number of sulfonamides is 1. The maximum Gasteiger partial charge on any atom is 0.310 e. The van der Waals surface area contributed by atoms with Crippen LogP contribution in [-0.2, 0) is 33.8 Å². The van der Waals surface area contributed by atoms with Crippen molar-refractivity contribution >= 4 is 16.0 Å². The third-order valence-electron chi connectivity index (χ3n) is 18.3. The zero-order valence-corrected chi connectivity index (χ0v) is 39.4. The first-order valence-corrected chi connectivity index (χ1v) is 24.3. The Morgan fingerprint density at radius 1 is 0.983 bits per heavy atom. The van der Waals surface area contributed by atoms with Gasteiger partial charge in [-0.25, -0.2) is 8.42 Å². The SMILES string of the molecule is CCCCOC(=O)[C@@H]1[C@@](C)([C@H](C)C(C)C)CC[C@]2(C)[C@H]3CC[C@@H]4[C@@]5(COC[C@]4(C)[C@@H](OCC(CC)(CC)N(C)S(=O)(=O)c4ccc(C)cc4)[C@H](OC)C5)C3=CC[C@@]12C. The Bertz CT molecular complexity index is 1770. The maximum atomic E-state index is 14.6. The van der Waals surface area contributed by atoms with Gasteiger partial charge in [0.1, 0.15) is 0 Å². The fraction of sp³-hybridized carbons (Fsp3) is 0.816. The van der Waals surface area contributed by atoms with Crippen molar-refractivity contribution in [2.24, 2.45) is 56.7 Å². The number of rotatable bonds is 15. The summed E-state index contributed by atoms with van der Waals surface area (Å²) < 4.78 is 56.4. The van der Waals surface area contributed by atoms with Gasteiger partial charge in [-0.05, 0) is 117 Å². The van der Waals surface area contributed by atoms with Crippen LogP contribution in [0, 0.1) is 63.6 Å². The lowest BCUT2D eigenvalue weighted by Gasteiger charge is -2.71. The molecule has 1 aromatic rings. The van der Waals surface area contributed by atoms with Crippen LogP contribution in [0.2, 0.25) is 0 Å². The number of benzene rings is 1. The van der Waals surface area contributed by atoms with Crippen molar-refractivity contribution in [3.63, 3.8) is 0 Å². The van der Waals surface area contributed by atoms with Crippen LogP contribution in [0.15, 0.2) is 40.8 Å². The predicted molar refractivity (Wildman–Crippen MR) is 232 cm³/mol. The topological polar surface area (TPSA) is 91.4 Å². The molecule has 0 N–H and O–H groups in total. The molecule has 2 bridgehead atoms. The van der Waals surface area contributed by atoms with Gasteiger partial charge in [0.2, 0.25) is 10.0 Å². The first kappa shape index (κ1) is 45.7. The number of nitrogens with zero attached hydrogens (tertiary/aromatic N) is 1. The molecule has 4 fully saturated rings. The summed E-state index contributed by atoms with van der Waals surface area (Å²) in [5.74, 6) is 1.34. The molecule has 9 heteroatoms. The summed E-state index contributed by atoms with van der Waals surface area (Å²) in [7, 11) is -0.231. The van der Waals surface area contributed by atoms with E-state index in [1.54, 1.807) is 23.5 Å². The van der Waals surface area contributed by atoms with E-state index < -0.39 is 15.6 Å². The van der Waals surface area contributed by atoms with E-state index in [0.717, 1.165) is 56.9 Å². The van der Waals surface area contributed by atoms with E-state index in [1.807, 2.05) is 26.2 Å². The molecule has 0 spiro atoms. The Balaban J connectivity index is 1.34. The zero-order valence-electron chi connectivity index (χ0n) is 38.5. The second-order valence-electron chi connectivity index (χ2n) is 21.0. The van der Waals surface area contributed by atoms with Crippen LogP contribution in [-0.4, -0.2) is 77.0 Å². The van der Waals surface area contributed by atoms with E-state index in [1.165, 1.54) is 5.57 Å². The van der Waals surface area contributed by atoms with Crippen LogP contribution < -0.4 is 0 Å². The van der Waals surface area contributed by atoms with Crippen LogP contribution in [0.5, 0.6) is 0 Å². The van der Waals surface area contributed by atoms with Gasteiger partial charge in [-0.3, -0.25) is 4.79 Å². The molecular formula is C49H79NO7S. The van der Waals surface area contributed by atoms with Gasteiger partial charge in [-0.15, -0.1) is 0 Å². The Kier molecular flexibility index (Phi) is 13.0. The number of esters is 1. The van der Waals surface area contributed by atoms with Crippen molar-refractivity contribution in [2.75, 3.05) is 40.6 Å². The molecule has 0 radical (unpaired) electrons. The van der Waals surface area contributed by atoms with Gasteiger partial charge in [0.15, 0.2) is 0 Å². The molecule has 1 aliphatic heterocycles. The molecule has 0 unspecified atom stereocenters. The van der Waals surface area contributed by atoms with Crippen LogP contribution in [0.3, 0.4) is 0 Å². The van der Waals surface area contributed by atoms with E-state index in [2.05, 4.69) is 75.3 Å². The van der Waals surface area contributed by atoms with Gasteiger partial charge in [-0.2, -0.15) is 4.31 Å². The number of hydrogen-bond acceptors (Lipinski definition) is 7. The van der Waals surface area contributed by atoms with Gasteiger partial charge < -0.3 is 18.9 Å². The molecule has 0 amide bonds. The lowest BCUT2D eigenvalue weighted by molar-refractivity contribution is -0.271. The molecule has 328 valence electrons. The second-order valence-corrected chi connectivity index (χ2v) is 22.9. The van der Waals surface area contributed by atoms with Crippen LogP contribution in [0.1, 0.15) is 139 Å².